The Balaban J connectivity index is 1.82. The molecule has 3 rings (SSSR count). The van der Waals surface area contributed by atoms with Crippen molar-refractivity contribution in [3.8, 4) is 0 Å². The van der Waals surface area contributed by atoms with E-state index in [0.29, 0.717) is 11.0 Å². The monoisotopic (exact) mass is 335 g/mol. The molecule has 0 spiro atoms. The summed E-state index contributed by atoms with van der Waals surface area (Å²) in [6.45, 7) is 1.37. The average Bonchev–Trinajstić information content (AvgIpc) is 3.00. The summed E-state index contributed by atoms with van der Waals surface area (Å²) in [4.78, 5) is 18.3. The summed E-state index contributed by atoms with van der Waals surface area (Å²) in [5, 5.41) is 17.7. The van der Waals surface area contributed by atoms with E-state index in [-0.39, 0.29) is 18.3 Å². The van der Waals surface area contributed by atoms with Gasteiger partial charge >= 0.3 is 0 Å². The summed E-state index contributed by atoms with van der Waals surface area (Å²) >= 11 is 5.88. The molecule has 0 saturated carbocycles. The van der Waals surface area contributed by atoms with Gasteiger partial charge in [0.1, 0.15) is 0 Å². The van der Waals surface area contributed by atoms with Crippen molar-refractivity contribution in [3.63, 3.8) is 0 Å². The van der Waals surface area contributed by atoms with Gasteiger partial charge in [0, 0.05) is 25.2 Å². The molecule has 1 aromatic heterocycles. The van der Waals surface area contributed by atoms with E-state index < -0.39 is 6.04 Å². The lowest BCUT2D eigenvalue weighted by Crippen LogP contribution is -2.34. The highest BCUT2D eigenvalue weighted by atomic mass is 35.5. The Bertz CT molecular complexity index is 677. The number of aromatic nitrogens is 3. The van der Waals surface area contributed by atoms with Gasteiger partial charge in [-0.05, 0) is 24.1 Å². The maximum absolute atomic E-state index is 12.6. The first-order chi connectivity index (χ1) is 11.1. The fraction of sp³-hybridized carbons (Fsp3) is 0.400. The number of benzene rings is 1. The molecule has 23 heavy (non-hydrogen) atoms. The van der Waals surface area contributed by atoms with E-state index in [4.69, 9.17) is 11.6 Å². The second kappa shape index (κ2) is 6.55. The fourth-order valence-electron chi connectivity index (χ4n) is 2.58. The molecule has 0 saturated heterocycles. The van der Waals surface area contributed by atoms with Crippen LogP contribution < -0.4 is 5.32 Å². The SMILES string of the molecule is CN(C(=O)c1nc2n(n1)CCCN2)C(CO)c1ccc(Cl)cc1. The van der Waals surface area contributed by atoms with Crippen LogP contribution in [0.15, 0.2) is 24.3 Å². The number of fused-ring (bicyclic) bond motifs is 1. The Hall–Kier alpha value is -2.12. The van der Waals surface area contributed by atoms with Gasteiger partial charge in [0.25, 0.3) is 5.91 Å². The number of likely N-dealkylation sites (N-methyl/N-ethyl adjacent to an activating group) is 1. The smallest absolute Gasteiger partial charge is 0.293 e. The van der Waals surface area contributed by atoms with Gasteiger partial charge in [0.15, 0.2) is 0 Å². The minimum Gasteiger partial charge on any atom is -0.394 e. The highest BCUT2D eigenvalue weighted by molar-refractivity contribution is 6.30. The minimum absolute atomic E-state index is 0.129. The maximum Gasteiger partial charge on any atom is 0.293 e. The largest absolute Gasteiger partial charge is 0.394 e. The first kappa shape index (κ1) is 15.8. The summed E-state index contributed by atoms with van der Waals surface area (Å²) in [7, 11) is 1.63. The van der Waals surface area contributed by atoms with Gasteiger partial charge in [-0.1, -0.05) is 23.7 Å². The average molecular weight is 336 g/mol. The molecule has 2 heterocycles. The van der Waals surface area contributed by atoms with E-state index in [1.165, 1.54) is 4.90 Å². The van der Waals surface area contributed by atoms with Crippen molar-refractivity contribution >= 4 is 23.5 Å². The molecular weight excluding hydrogens is 318 g/mol. The lowest BCUT2D eigenvalue weighted by Gasteiger charge is -2.26. The summed E-state index contributed by atoms with van der Waals surface area (Å²) < 4.78 is 1.70. The third-order valence-corrected chi connectivity index (χ3v) is 4.16. The van der Waals surface area contributed by atoms with E-state index >= 15 is 0 Å². The van der Waals surface area contributed by atoms with Gasteiger partial charge in [0.2, 0.25) is 11.8 Å². The Kier molecular flexibility index (Phi) is 4.49. The number of aryl methyl sites for hydroxylation is 1. The third kappa shape index (κ3) is 3.16. The van der Waals surface area contributed by atoms with E-state index in [1.54, 1.807) is 36.0 Å². The number of aliphatic hydroxyl groups excluding tert-OH is 1. The van der Waals surface area contributed by atoms with Gasteiger partial charge in [0.05, 0.1) is 12.6 Å². The zero-order chi connectivity index (χ0) is 16.4. The summed E-state index contributed by atoms with van der Waals surface area (Å²) in [5.41, 5.74) is 0.801. The fourth-order valence-corrected chi connectivity index (χ4v) is 2.71. The van der Waals surface area contributed by atoms with Gasteiger partial charge in [-0.3, -0.25) is 4.79 Å². The Labute approximate surface area is 138 Å². The molecule has 122 valence electrons. The van der Waals surface area contributed by atoms with Crippen LogP contribution in [0.2, 0.25) is 5.02 Å². The summed E-state index contributed by atoms with van der Waals surface area (Å²) in [5.74, 6) is 0.409. The lowest BCUT2D eigenvalue weighted by molar-refractivity contribution is 0.0646. The quantitative estimate of drug-likeness (QED) is 0.885. The zero-order valence-corrected chi connectivity index (χ0v) is 13.5. The molecule has 0 bridgehead atoms. The van der Waals surface area contributed by atoms with Crippen LogP contribution in [0.25, 0.3) is 0 Å². The predicted molar refractivity (Wildman–Crippen MR) is 86.5 cm³/mol. The van der Waals surface area contributed by atoms with Crippen LogP contribution in [0.4, 0.5) is 5.95 Å². The number of hydrogen-bond donors (Lipinski definition) is 2. The molecule has 1 aliphatic heterocycles. The molecule has 1 atom stereocenters. The molecule has 0 fully saturated rings. The number of nitrogens with zero attached hydrogens (tertiary/aromatic N) is 4. The van der Waals surface area contributed by atoms with Crippen LogP contribution in [-0.4, -0.2) is 50.9 Å². The van der Waals surface area contributed by atoms with Crippen LogP contribution >= 0.6 is 11.6 Å². The normalized spacial score (nSPS) is 14.7. The van der Waals surface area contributed by atoms with Crippen molar-refractivity contribution in [1.82, 2.24) is 19.7 Å². The lowest BCUT2D eigenvalue weighted by atomic mass is 10.1. The van der Waals surface area contributed by atoms with Gasteiger partial charge in [-0.15, -0.1) is 5.10 Å². The van der Waals surface area contributed by atoms with E-state index in [0.717, 1.165) is 25.1 Å². The van der Waals surface area contributed by atoms with E-state index in [9.17, 15) is 9.90 Å². The maximum atomic E-state index is 12.6. The van der Waals surface area contributed by atoms with Gasteiger partial charge in [-0.25, -0.2) is 4.68 Å². The Morgan fingerprint density at radius 1 is 1.48 bits per heavy atom. The number of hydrogen-bond acceptors (Lipinski definition) is 5. The molecule has 2 N–H and O–H groups in total. The standard InChI is InChI=1S/C15H18ClN5O2/c1-20(12(9-22)10-3-5-11(16)6-4-10)14(23)13-18-15-17-7-2-8-21(15)19-13/h3-6,12,22H,2,7-9H2,1H3,(H,17,18,19). The highest BCUT2D eigenvalue weighted by Gasteiger charge is 2.26. The molecule has 0 radical (unpaired) electrons. The van der Waals surface area contributed by atoms with Crippen LogP contribution in [0.5, 0.6) is 0 Å². The third-order valence-electron chi connectivity index (χ3n) is 3.91. The topological polar surface area (TPSA) is 83.3 Å². The minimum atomic E-state index is -0.478. The Morgan fingerprint density at radius 3 is 2.87 bits per heavy atom. The molecular formula is C15H18ClN5O2. The van der Waals surface area contributed by atoms with Crippen molar-refractivity contribution in [2.75, 3.05) is 25.5 Å². The van der Waals surface area contributed by atoms with E-state index in [2.05, 4.69) is 15.4 Å². The van der Waals surface area contributed by atoms with Crippen LogP contribution in [-0.2, 0) is 6.54 Å². The number of carbonyl (C=O) groups excluding carboxylic acids is 1. The number of amides is 1. The molecule has 1 amide bonds. The zero-order valence-electron chi connectivity index (χ0n) is 12.7. The number of halogens is 1. The number of anilines is 1. The Morgan fingerprint density at radius 2 is 2.22 bits per heavy atom. The first-order valence-electron chi connectivity index (χ1n) is 7.42. The molecule has 8 heteroatoms. The van der Waals surface area contributed by atoms with E-state index in [1.807, 2.05) is 0 Å². The number of nitrogens with one attached hydrogen (secondary N) is 1. The van der Waals surface area contributed by atoms with Crippen LogP contribution in [0.3, 0.4) is 0 Å². The number of rotatable bonds is 4. The van der Waals surface area contributed by atoms with Gasteiger partial charge < -0.3 is 15.3 Å². The summed E-state index contributed by atoms with van der Waals surface area (Å²) in [6.07, 6.45) is 0.948. The van der Waals surface area contributed by atoms with Crippen LogP contribution in [0, 0.1) is 0 Å². The van der Waals surface area contributed by atoms with Crippen molar-refractivity contribution in [1.29, 1.82) is 0 Å². The second-order valence-corrected chi connectivity index (χ2v) is 5.86. The first-order valence-corrected chi connectivity index (χ1v) is 7.80. The van der Waals surface area contributed by atoms with Crippen molar-refractivity contribution < 1.29 is 9.90 Å². The van der Waals surface area contributed by atoms with Crippen molar-refractivity contribution in [2.45, 2.75) is 19.0 Å². The summed E-state index contributed by atoms with van der Waals surface area (Å²) in [6, 6.07) is 6.57. The molecule has 7 nitrogen and oxygen atoms in total. The molecule has 1 aliphatic rings. The van der Waals surface area contributed by atoms with Crippen molar-refractivity contribution in [2.24, 2.45) is 0 Å². The molecule has 0 aliphatic carbocycles. The van der Waals surface area contributed by atoms with Crippen molar-refractivity contribution in [3.05, 3.63) is 40.7 Å². The molecule has 1 unspecified atom stereocenters. The van der Waals surface area contributed by atoms with Crippen LogP contribution in [0.1, 0.15) is 28.6 Å². The number of carbonyl (C=O) groups is 1. The number of aliphatic hydroxyl groups is 1. The second-order valence-electron chi connectivity index (χ2n) is 5.43. The predicted octanol–water partition coefficient (Wildman–Crippen LogP) is 1.55. The highest BCUT2D eigenvalue weighted by Crippen LogP contribution is 2.22. The molecule has 2 aromatic rings. The van der Waals surface area contributed by atoms with Gasteiger partial charge in [-0.2, -0.15) is 4.98 Å². The molecule has 1 aromatic carbocycles.